The molecule has 6 nitrogen and oxygen atoms in total. The van der Waals surface area contributed by atoms with Crippen molar-refractivity contribution in [2.45, 2.75) is 56.8 Å². The summed E-state index contributed by atoms with van der Waals surface area (Å²) in [6.07, 6.45) is 5.61. The molecular weight excluding hydrogens is 288 g/mol. The SMILES string of the molecule is CCCc1nnc(SCC(=O)O)n1CC1CCCCN1C. The molecule has 1 N–H and O–H groups in total. The Morgan fingerprint density at radius 1 is 1.43 bits per heavy atom. The minimum absolute atomic E-state index is 0.0325. The number of hydrogen-bond acceptors (Lipinski definition) is 5. The van der Waals surface area contributed by atoms with Crippen LogP contribution in [0, 0.1) is 0 Å². The van der Waals surface area contributed by atoms with Crippen molar-refractivity contribution in [2.75, 3.05) is 19.3 Å². The molecule has 1 aromatic heterocycles. The Balaban J connectivity index is 2.13. The van der Waals surface area contributed by atoms with Crippen molar-refractivity contribution < 1.29 is 9.90 Å². The standard InChI is InChI=1S/C14H24N4O2S/c1-3-6-12-15-16-14(21-10-13(19)20)18(12)9-11-7-4-5-8-17(11)2/h11H,3-10H2,1-2H3,(H,19,20). The molecule has 0 bridgehead atoms. The molecule has 1 atom stereocenters. The molecule has 1 aliphatic rings. The lowest BCUT2D eigenvalue weighted by Gasteiger charge is -2.33. The highest BCUT2D eigenvalue weighted by Crippen LogP contribution is 2.22. The zero-order valence-electron chi connectivity index (χ0n) is 12.8. The first kappa shape index (κ1) is 16.3. The van der Waals surface area contributed by atoms with Crippen LogP contribution >= 0.6 is 11.8 Å². The van der Waals surface area contributed by atoms with Crippen LogP contribution in [-0.4, -0.2) is 56.1 Å². The third-order valence-electron chi connectivity index (χ3n) is 3.91. The van der Waals surface area contributed by atoms with Crippen molar-refractivity contribution in [1.29, 1.82) is 0 Å². The monoisotopic (exact) mass is 312 g/mol. The minimum Gasteiger partial charge on any atom is -0.481 e. The van der Waals surface area contributed by atoms with Crippen molar-refractivity contribution in [2.24, 2.45) is 0 Å². The summed E-state index contributed by atoms with van der Waals surface area (Å²) in [6.45, 7) is 4.12. The molecular formula is C14H24N4O2S. The molecule has 0 radical (unpaired) electrons. The van der Waals surface area contributed by atoms with Gasteiger partial charge in [0.05, 0.1) is 5.75 Å². The van der Waals surface area contributed by atoms with Crippen LogP contribution in [-0.2, 0) is 17.8 Å². The van der Waals surface area contributed by atoms with Gasteiger partial charge in [0.2, 0.25) is 0 Å². The largest absolute Gasteiger partial charge is 0.481 e. The third kappa shape index (κ3) is 4.44. The zero-order chi connectivity index (χ0) is 15.2. The summed E-state index contributed by atoms with van der Waals surface area (Å²) < 4.78 is 2.13. The fourth-order valence-corrected chi connectivity index (χ4v) is 3.42. The fourth-order valence-electron chi connectivity index (χ4n) is 2.73. The van der Waals surface area contributed by atoms with Gasteiger partial charge in [-0.25, -0.2) is 0 Å². The van der Waals surface area contributed by atoms with Gasteiger partial charge in [0.1, 0.15) is 5.82 Å². The van der Waals surface area contributed by atoms with E-state index in [1.807, 2.05) is 0 Å². The van der Waals surface area contributed by atoms with Crippen LogP contribution in [0.5, 0.6) is 0 Å². The van der Waals surface area contributed by atoms with Gasteiger partial charge in [0, 0.05) is 19.0 Å². The number of carbonyl (C=O) groups is 1. The Bertz CT molecular complexity index is 478. The molecule has 0 aliphatic carbocycles. The number of piperidine rings is 1. The molecule has 1 saturated heterocycles. The first-order chi connectivity index (χ1) is 10.1. The van der Waals surface area contributed by atoms with Crippen LogP contribution in [0.25, 0.3) is 0 Å². The van der Waals surface area contributed by atoms with Crippen LogP contribution in [0.15, 0.2) is 5.16 Å². The average Bonchev–Trinajstić information content (AvgIpc) is 2.82. The maximum absolute atomic E-state index is 10.8. The number of nitrogens with zero attached hydrogens (tertiary/aromatic N) is 4. The molecule has 0 amide bonds. The van der Waals surface area contributed by atoms with E-state index in [1.165, 1.54) is 31.0 Å². The lowest BCUT2D eigenvalue weighted by atomic mass is 10.0. The summed E-state index contributed by atoms with van der Waals surface area (Å²) in [5, 5.41) is 18.0. The molecule has 118 valence electrons. The van der Waals surface area contributed by atoms with E-state index in [1.54, 1.807) is 0 Å². The van der Waals surface area contributed by atoms with E-state index in [4.69, 9.17) is 5.11 Å². The first-order valence-corrected chi connectivity index (χ1v) is 8.57. The van der Waals surface area contributed by atoms with Crippen LogP contribution in [0.2, 0.25) is 0 Å². The van der Waals surface area contributed by atoms with Crippen LogP contribution in [0.1, 0.15) is 38.4 Å². The predicted octanol–water partition coefficient (Wildman–Crippen LogP) is 1.89. The normalized spacial score (nSPS) is 19.8. The second kappa shape index (κ2) is 7.79. The first-order valence-electron chi connectivity index (χ1n) is 7.58. The molecule has 1 unspecified atom stereocenters. The van der Waals surface area contributed by atoms with E-state index in [2.05, 4.69) is 33.6 Å². The second-order valence-electron chi connectivity index (χ2n) is 5.57. The maximum Gasteiger partial charge on any atom is 0.313 e. The molecule has 21 heavy (non-hydrogen) atoms. The summed E-state index contributed by atoms with van der Waals surface area (Å²) in [5.41, 5.74) is 0. The van der Waals surface area contributed by atoms with Crippen LogP contribution < -0.4 is 0 Å². The van der Waals surface area contributed by atoms with Crippen LogP contribution in [0.3, 0.4) is 0 Å². The number of hydrogen-bond donors (Lipinski definition) is 1. The number of aromatic nitrogens is 3. The number of carboxylic acid groups (broad SMARTS) is 1. The van der Waals surface area contributed by atoms with Crippen LogP contribution in [0.4, 0.5) is 0 Å². The summed E-state index contributed by atoms with van der Waals surface area (Å²) in [4.78, 5) is 13.2. The van der Waals surface area contributed by atoms with Crippen molar-refractivity contribution in [1.82, 2.24) is 19.7 Å². The van der Waals surface area contributed by atoms with E-state index in [9.17, 15) is 4.79 Å². The van der Waals surface area contributed by atoms with E-state index >= 15 is 0 Å². The smallest absolute Gasteiger partial charge is 0.313 e. The number of likely N-dealkylation sites (tertiary alicyclic amines) is 1. The number of aliphatic carboxylic acids is 1. The van der Waals surface area contributed by atoms with Crippen molar-refractivity contribution >= 4 is 17.7 Å². The van der Waals surface area contributed by atoms with Gasteiger partial charge in [-0.1, -0.05) is 25.1 Å². The quantitative estimate of drug-likeness (QED) is 0.775. The van der Waals surface area contributed by atoms with Gasteiger partial charge >= 0.3 is 5.97 Å². The molecule has 2 heterocycles. The maximum atomic E-state index is 10.8. The van der Waals surface area contributed by atoms with Crippen molar-refractivity contribution in [3.05, 3.63) is 5.82 Å². The number of thioether (sulfide) groups is 1. The Kier molecular flexibility index (Phi) is 6.05. The topological polar surface area (TPSA) is 71.2 Å². The Morgan fingerprint density at radius 2 is 2.24 bits per heavy atom. The lowest BCUT2D eigenvalue weighted by molar-refractivity contribution is -0.133. The summed E-state index contributed by atoms with van der Waals surface area (Å²) in [7, 11) is 2.16. The highest BCUT2D eigenvalue weighted by Gasteiger charge is 2.22. The second-order valence-corrected chi connectivity index (χ2v) is 6.51. The van der Waals surface area contributed by atoms with E-state index in [0.717, 1.165) is 36.9 Å². The van der Waals surface area contributed by atoms with Gasteiger partial charge < -0.3 is 14.6 Å². The molecule has 1 aromatic rings. The number of rotatable bonds is 7. The number of carboxylic acids is 1. The summed E-state index contributed by atoms with van der Waals surface area (Å²) in [6, 6.07) is 0.495. The Hall–Kier alpha value is -1.08. The van der Waals surface area contributed by atoms with E-state index < -0.39 is 5.97 Å². The van der Waals surface area contributed by atoms with Gasteiger partial charge in [-0.3, -0.25) is 4.79 Å². The average molecular weight is 312 g/mol. The Labute approximate surface area is 129 Å². The molecule has 0 saturated carbocycles. The van der Waals surface area contributed by atoms with E-state index in [-0.39, 0.29) is 5.75 Å². The number of likely N-dealkylation sites (N-methyl/N-ethyl adjacent to an activating group) is 1. The summed E-state index contributed by atoms with van der Waals surface area (Å²) >= 11 is 1.26. The highest BCUT2D eigenvalue weighted by molar-refractivity contribution is 7.99. The van der Waals surface area contributed by atoms with Gasteiger partial charge in [0.25, 0.3) is 0 Å². The minimum atomic E-state index is -0.818. The number of aryl methyl sites for hydroxylation is 1. The highest BCUT2D eigenvalue weighted by atomic mass is 32.2. The Morgan fingerprint density at radius 3 is 2.90 bits per heavy atom. The van der Waals surface area contributed by atoms with E-state index in [0.29, 0.717) is 6.04 Å². The molecule has 0 spiro atoms. The van der Waals surface area contributed by atoms with Gasteiger partial charge in [-0.2, -0.15) is 0 Å². The molecule has 2 rings (SSSR count). The third-order valence-corrected chi connectivity index (χ3v) is 4.86. The molecule has 7 heteroatoms. The zero-order valence-corrected chi connectivity index (χ0v) is 13.6. The predicted molar refractivity (Wildman–Crippen MR) is 82.6 cm³/mol. The van der Waals surface area contributed by atoms with Gasteiger partial charge in [-0.05, 0) is 32.9 Å². The van der Waals surface area contributed by atoms with Gasteiger partial charge in [0.15, 0.2) is 5.16 Å². The van der Waals surface area contributed by atoms with Crippen molar-refractivity contribution in [3.63, 3.8) is 0 Å². The lowest BCUT2D eigenvalue weighted by Crippen LogP contribution is -2.39. The summed E-state index contributed by atoms with van der Waals surface area (Å²) in [5.74, 6) is 0.191. The van der Waals surface area contributed by atoms with Crippen molar-refractivity contribution in [3.8, 4) is 0 Å². The molecule has 1 aliphatic heterocycles. The fraction of sp³-hybridized carbons (Fsp3) is 0.786. The molecule has 0 aromatic carbocycles. The van der Waals surface area contributed by atoms with Gasteiger partial charge in [-0.15, -0.1) is 10.2 Å². The molecule has 1 fully saturated rings.